The third-order valence-electron chi connectivity index (χ3n) is 3.51. The number of amides is 3. The molecule has 102 valence electrons. The van der Waals surface area contributed by atoms with Gasteiger partial charge in [0.15, 0.2) is 0 Å². The van der Waals surface area contributed by atoms with Crippen molar-refractivity contribution in [2.24, 2.45) is 5.92 Å². The number of imide groups is 1. The van der Waals surface area contributed by atoms with Crippen molar-refractivity contribution >= 4 is 29.4 Å². The van der Waals surface area contributed by atoms with Crippen LogP contribution in [0.3, 0.4) is 0 Å². The molecule has 0 aromatic heterocycles. The second kappa shape index (κ2) is 4.16. The first-order valence-corrected chi connectivity index (χ1v) is 6.01. The molecule has 1 aromatic rings. The van der Waals surface area contributed by atoms with Gasteiger partial charge in [0.25, 0.3) is 11.8 Å². The van der Waals surface area contributed by atoms with Crippen LogP contribution in [0.15, 0.2) is 18.2 Å². The number of nitrogens with one attached hydrogen (secondary N) is 1. The summed E-state index contributed by atoms with van der Waals surface area (Å²) in [6, 6.07) is 4.60. The van der Waals surface area contributed by atoms with Crippen LogP contribution in [0.25, 0.3) is 0 Å². The van der Waals surface area contributed by atoms with E-state index in [1.165, 1.54) is 11.0 Å². The van der Waals surface area contributed by atoms with Crippen molar-refractivity contribution in [1.82, 2.24) is 5.32 Å². The number of benzene rings is 1. The fourth-order valence-corrected chi connectivity index (χ4v) is 2.53. The summed E-state index contributed by atoms with van der Waals surface area (Å²) in [6.45, 7) is 0.00604. The van der Waals surface area contributed by atoms with Crippen LogP contribution in [-0.2, 0) is 9.59 Å². The lowest BCUT2D eigenvalue weighted by Gasteiger charge is -2.18. The predicted octanol–water partition coefficient (Wildman–Crippen LogP) is 0.00770. The second-order valence-electron chi connectivity index (χ2n) is 4.73. The Labute approximate surface area is 113 Å². The molecular formula is C13H10N2O5. The van der Waals surface area contributed by atoms with Crippen LogP contribution in [0.5, 0.6) is 0 Å². The van der Waals surface area contributed by atoms with E-state index in [-0.39, 0.29) is 30.0 Å². The first-order chi connectivity index (χ1) is 9.49. The van der Waals surface area contributed by atoms with E-state index < -0.39 is 23.7 Å². The van der Waals surface area contributed by atoms with E-state index in [2.05, 4.69) is 5.32 Å². The number of carbonyl (C=O) groups excluding carboxylic acids is 3. The maximum absolute atomic E-state index is 11.9. The standard InChI is InChI=1S/C13H10N2O5/c16-9-4-6(13(19)20)5-15(9)8-3-1-2-7-10(8)12(18)14-11(7)17/h1-3,6H,4-5H2,(H,19,20)(H,14,17,18). The summed E-state index contributed by atoms with van der Waals surface area (Å²) in [5.74, 6) is -3.27. The molecule has 1 aromatic carbocycles. The Morgan fingerprint density at radius 1 is 1.25 bits per heavy atom. The van der Waals surface area contributed by atoms with E-state index in [0.29, 0.717) is 5.69 Å². The molecule has 2 N–H and O–H groups in total. The van der Waals surface area contributed by atoms with Gasteiger partial charge >= 0.3 is 5.97 Å². The Hall–Kier alpha value is -2.70. The van der Waals surface area contributed by atoms with Crippen molar-refractivity contribution < 1.29 is 24.3 Å². The number of aliphatic carboxylic acids is 1. The lowest BCUT2D eigenvalue weighted by molar-refractivity contribution is -0.141. The minimum atomic E-state index is -1.05. The molecule has 2 aliphatic rings. The first kappa shape index (κ1) is 12.3. The molecule has 2 heterocycles. The Kier molecular flexibility index (Phi) is 2.56. The molecule has 0 aliphatic carbocycles. The van der Waals surface area contributed by atoms with Crippen molar-refractivity contribution in [1.29, 1.82) is 0 Å². The van der Waals surface area contributed by atoms with Crippen molar-refractivity contribution in [2.75, 3.05) is 11.4 Å². The molecule has 7 nitrogen and oxygen atoms in total. The molecule has 0 bridgehead atoms. The number of nitrogens with zero attached hydrogens (tertiary/aromatic N) is 1. The number of carbonyl (C=O) groups is 4. The molecule has 3 rings (SSSR count). The Morgan fingerprint density at radius 2 is 2.00 bits per heavy atom. The average Bonchev–Trinajstić information content (AvgIpc) is 2.92. The molecule has 20 heavy (non-hydrogen) atoms. The molecule has 1 saturated heterocycles. The van der Waals surface area contributed by atoms with Crippen molar-refractivity contribution in [3.05, 3.63) is 29.3 Å². The molecule has 0 spiro atoms. The number of hydrogen-bond donors (Lipinski definition) is 2. The summed E-state index contributed by atoms with van der Waals surface area (Å²) in [6.07, 6.45) is -0.103. The lowest BCUT2D eigenvalue weighted by Crippen LogP contribution is -2.28. The number of hydrogen-bond acceptors (Lipinski definition) is 4. The molecule has 1 atom stereocenters. The molecule has 2 aliphatic heterocycles. The summed E-state index contributed by atoms with van der Waals surface area (Å²) in [5.41, 5.74) is 0.635. The van der Waals surface area contributed by atoms with Gasteiger partial charge in [-0.2, -0.15) is 0 Å². The normalized spacial score (nSPS) is 21.1. The van der Waals surface area contributed by atoms with Gasteiger partial charge < -0.3 is 10.0 Å². The molecular weight excluding hydrogens is 264 g/mol. The zero-order valence-corrected chi connectivity index (χ0v) is 10.3. The lowest BCUT2D eigenvalue weighted by atomic mass is 10.1. The van der Waals surface area contributed by atoms with Gasteiger partial charge in [0, 0.05) is 13.0 Å². The molecule has 1 unspecified atom stereocenters. The second-order valence-corrected chi connectivity index (χ2v) is 4.73. The van der Waals surface area contributed by atoms with Gasteiger partial charge in [-0.3, -0.25) is 24.5 Å². The van der Waals surface area contributed by atoms with Crippen LogP contribution in [0.2, 0.25) is 0 Å². The molecule has 3 amide bonds. The smallest absolute Gasteiger partial charge is 0.308 e. The summed E-state index contributed by atoms with van der Waals surface area (Å²) < 4.78 is 0. The minimum absolute atomic E-state index is 0.00604. The molecule has 1 fully saturated rings. The van der Waals surface area contributed by atoms with Gasteiger partial charge in [0.2, 0.25) is 5.91 Å². The van der Waals surface area contributed by atoms with Crippen LogP contribution in [0, 0.1) is 5.92 Å². The third kappa shape index (κ3) is 1.67. The topological polar surface area (TPSA) is 104 Å². The number of carboxylic acid groups (broad SMARTS) is 1. The van der Waals surface area contributed by atoms with E-state index in [0.717, 1.165) is 0 Å². The van der Waals surface area contributed by atoms with E-state index in [4.69, 9.17) is 5.11 Å². The first-order valence-electron chi connectivity index (χ1n) is 6.01. The van der Waals surface area contributed by atoms with Crippen molar-refractivity contribution in [3.63, 3.8) is 0 Å². The van der Waals surface area contributed by atoms with Crippen molar-refractivity contribution in [2.45, 2.75) is 6.42 Å². The highest BCUT2D eigenvalue weighted by Gasteiger charge is 2.39. The maximum atomic E-state index is 11.9. The maximum Gasteiger partial charge on any atom is 0.308 e. The largest absolute Gasteiger partial charge is 0.481 e. The SMILES string of the molecule is O=C1NC(=O)c2c1cccc2N1CC(C(=O)O)CC1=O. The number of anilines is 1. The fraction of sp³-hybridized carbons (Fsp3) is 0.231. The van der Waals surface area contributed by atoms with Crippen LogP contribution in [-0.4, -0.2) is 35.3 Å². The number of fused-ring (bicyclic) bond motifs is 1. The molecule has 0 radical (unpaired) electrons. The van der Waals surface area contributed by atoms with Crippen LogP contribution in [0.1, 0.15) is 27.1 Å². The molecule has 0 saturated carbocycles. The van der Waals surface area contributed by atoms with Gasteiger partial charge in [0.05, 0.1) is 22.7 Å². The summed E-state index contributed by atoms with van der Waals surface area (Å²) >= 11 is 0. The third-order valence-corrected chi connectivity index (χ3v) is 3.51. The predicted molar refractivity (Wildman–Crippen MR) is 66.3 cm³/mol. The zero-order valence-electron chi connectivity index (χ0n) is 10.3. The monoisotopic (exact) mass is 274 g/mol. The molecule has 7 heteroatoms. The van der Waals surface area contributed by atoms with Gasteiger partial charge in [-0.05, 0) is 12.1 Å². The van der Waals surface area contributed by atoms with Gasteiger partial charge in [-0.15, -0.1) is 0 Å². The quantitative estimate of drug-likeness (QED) is 0.739. The van der Waals surface area contributed by atoms with Gasteiger partial charge in [-0.25, -0.2) is 0 Å². The number of carboxylic acids is 1. The average molecular weight is 274 g/mol. The van der Waals surface area contributed by atoms with Crippen molar-refractivity contribution in [3.8, 4) is 0 Å². The van der Waals surface area contributed by atoms with Gasteiger partial charge in [0.1, 0.15) is 0 Å². The highest BCUT2D eigenvalue weighted by molar-refractivity contribution is 6.24. The van der Waals surface area contributed by atoms with Gasteiger partial charge in [-0.1, -0.05) is 6.07 Å². The van der Waals surface area contributed by atoms with Crippen LogP contribution < -0.4 is 10.2 Å². The summed E-state index contributed by atoms with van der Waals surface area (Å²) in [7, 11) is 0. The highest BCUT2D eigenvalue weighted by atomic mass is 16.4. The summed E-state index contributed by atoms with van der Waals surface area (Å²) in [4.78, 5) is 47.5. The Bertz CT molecular complexity index is 667. The van der Waals surface area contributed by atoms with E-state index in [9.17, 15) is 19.2 Å². The van der Waals surface area contributed by atoms with E-state index in [1.54, 1.807) is 12.1 Å². The van der Waals surface area contributed by atoms with E-state index >= 15 is 0 Å². The number of rotatable bonds is 2. The highest BCUT2D eigenvalue weighted by Crippen LogP contribution is 2.32. The minimum Gasteiger partial charge on any atom is -0.481 e. The zero-order chi connectivity index (χ0) is 14.4. The van der Waals surface area contributed by atoms with Crippen LogP contribution in [0.4, 0.5) is 5.69 Å². The fourth-order valence-electron chi connectivity index (χ4n) is 2.53. The Balaban J connectivity index is 2.05. The van der Waals surface area contributed by atoms with E-state index in [1.807, 2.05) is 0 Å². The summed E-state index contributed by atoms with van der Waals surface area (Å²) in [5, 5.41) is 11.1. The Morgan fingerprint density at radius 3 is 2.65 bits per heavy atom. The van der Waals surface area contributed by atoms with Crippen LogP contribution >= 0.6 is 0 Å².